The van der Waals surface area contributed by atoms with Crippen molar-refractivity contribution in [3.63, 3.8) is 0 Å². The minimum atomic E-state index is -0.314. The molecular weight excluding hydrogens is 240 g/mol. The van der Waals surface area contributed by atoms with Crippen LogP contribution in [0.2, 0.25) is 0 Å². The van der Waals surface area contributed by atoms with E-state index in [4.69, 9.17) is 4.74 Å². The third-order valence-corrected chi connectivity index (χ3v) is 4.75. The predicted octanol–water partition coefficient (Wildman–Crippen LogP) is 2.81. The lowest BCUT2D eigenvalue weighted by atomic mass is 9.81. The topological polar surface area (TPSA) is 43.4 Å². The van der Waals surface area contributed by atoms with Crippen LogP contribution in [-0.2, 0) is 11.2 Å². The largest absolute Gasteiger partial charge is 0.497 e. The van der Waals surface area contributed by atoms with E-state index >= 15 is 0 Å². The van der Waals surface area contributed by atoms with Crippen LogP contribution in [0.25, 0.3) is 0 Å². The summed E-state index contributed by atoms with van der Waals surface area (Å²) in [6, 6.07) is 5.67. The lowest BCUT2D eigenvalue weighted by Gasteiger charge is -2.20. The number of fused-ring (bicyclic) bond motifs is 1. The number of hydrogen-bond acceptors (Lipinski definition) is 3. The summed E-state index contributed by atoms with van der Waals surface area (Å²) < 4.78 is 5.22. The molecule has 19 heavy (non-hydrogen) atoms. The molecule has 1 saturated carbocycles. The smallest absolute Gasteiger partial charge is 0.169 e. The summed E-state index contributed by atoms with van der Waals surface area (Å²) in [5.41, 5.74) is 1.59. The Morgan fingerprint density at radius 2 is 2.21 bits per heavy atom. The first-order valence-corrected chi connectivity index (χ1v) is 6.78. The average Bonchev–Trinajstić information content (AvgIpc) is 2.94. The normalized spacial score (nSPS) is 28.7. The molecule has 0 radical (unpaired) electrons. The van der Waals surface area contributed by atoms with Crippen LogP contribution < -0.4 is 4.74 Å². The van der Waals surface area contributed by atoms with Crippen LogP contribution in [0.15, 0.2) is 18.2 Å². The van der Waals surface area contributed by atoms with Crippen molar-refractivity contribution in [3.05, 3.63) is 29.3 Å². The summed E-state index contributed by atoms with van der Waals surface area (Å²) in [5, 5.41) is 0. The van der Waals surface area contributed by atoms with E-state index in [1.807, 2.05) is 18.2 Å². The second-order valence-corrected chi connectivity index (χ2v) is 5.86. The van der Waals surface area contributed by atoms with Crippen LogP contribution in [0, 0.1) is 11.3 Å². The molecule has 0 N–H and O–H groups in total. The third-order valence-electron chi connectivity index (χ3n) is 4.75. The first-order chi connectivity index (χ1) is 9.05. The average molecular weight is 258 g/mol. The van der Waals surface area contributed by atoms with E-state index in [0.29, 0.717) is 0 Å². The van der Waals surface area contributed by atoms with E-state index in [1.54, 1.807) is 14.0 Å². The van der Waals surface area contributed by atoms with E-state index in [1.165, 1.54) is 0 Å². The maximum atomic E-state index is 12.6. The van der Waals surface area contributed by atoms with Gasteiger partial charge in [0, 0.05) is 16.9 Å². The van der Waals surface area contributed by atoms with Gasteiger partial charge in [-0.3, -0.25) is 9.59 Å². The molecule has 2 atom stereocenters. The Hall–Kier alpha value is -1.64. The van der Waals surface area contributed by atoms with Gasteiger partial charge in [0.05, 0.1) is 7.11 Å². The summed E-state index contributed by atoms with van der Waals surface area (Å²) in [7, 11) is 1.63. The van der Waals surface area contributed by atoms with Crippen LogP contribution in [0.5, 0.6) is 5.75 Å². The molecule has 2 aliphatic carbocycles. The first kappa shape index (κ1) is 12.4. The van der Waals surface area contributed by atoms with Gasteiger partial charge in [0.15, 0.2) is 5.78 Å². The zero-order chi connectivity index (χ0) is 13.6. The van der Waals surface area contributed by atoms with Gasteiger partial charge in [0.25, 0.3) is 0 Å². The monoisotopic (exact) mass is 258 g/mol. The third kappa shape index (κ3) is 1.79. The Bertz CT molecular complexity index is 561. The van der Waals surface area contributed by atoms with Crippen molar-refractivity contribution in [2.24, 2.45) is 11.3 Å². The molecule has 0 unspecified atom stereocenters. The molecule has 0 aliphatic heterocycles. The molecule has 1 aromatic rings. The van der Waals surface area contributed by atoms with Crippen molar-refractivity contribution >= 4 is 11.6 Å². The minimum Gasteiger partial charge on any atom is -0.497 e. The first-order valence-electron chi connectivity index (χ1n) is 6.78. The molecular formula is C16H18O3. The summed E-state index contributed by atoms with van der Waals surface area (Å²) in [6.07, 6.45) is 3.18. The Morgan fingerprint density at radius 1 is 1.42 bits per heavy atom. The number of ketones is 2. The molecule has 0 saturated heterocycles. The lowest BCUT2D eigenvalue weighted by molar-refractivity contribution is -0.120. The minimum absolute atomic E-state index is 0.0696. The number of benzene rings is 1. The molecule has 3 rings (SSSR count). The fourth-order valence-corrected chi connectivity index (χ4v) is 3.64. The summed E-state index contributed by atoms with van der Waals surface area (Å²) in [5.74, 6) is 1.32. The van der Waals surface area contributed by atoms with Gasteiger partial charge < -0.3 is 4.74 Å². The number of hydrogen-bond donors (Lipinski definition) is 0. The Labute approximate surface area is 113 Å². The van der Waals surface area contributed by atoms with Gasteiger partial charge in [-0.2, -0.15) is 0 Å². The number of ether oxygens (including phenoxy) is 1. The van der Waals surface area contributed by atoms with Crippen LogP contribution in [-0.4, -0.2) is 18.7 Å². The maximum absolute atomic E-state index is 12.6. The maximum Gasteiger partial charge on any atom is 0.169 e. The van der Waals surface area contributed by atoms with Gasteiger partial charge in [-0.1, -0.05) is 0 Å². The second-order valence-electron chi connectivity index (χ2n) is 5.86. The number of carbonyl (C=O) groups excluding carboxylic acids is 2. The molecule has 0 bridgehead atoms. The van der Waals surface area contributed by atoms with Gasteiger partial charge >= 0.3 is 0 Å². The highest BCUT2D eigenvalue weighted by atomic mass is 16.5. The van der Waals surface area contributed by atoms with Crippen LogP contribution >= 0.6 is 0 Å². The summed E-state index contributed by atoms with van der Waals surface area (Å²) in [6.45, 7) is 1.64. The molecule has 0 amide bonds. The molecule has 1 fully saturated rings. The van der Waals surface area contributed by atoms with Crippen molar-refractivity contribution in [3.8, 4) is 5.75 Å². The lowest BCUT2D eigenvalue weighted by Crippen LogP contribution is -2.25. The van der Waals surface area contributed by atoms with Crippen molar-refractivity contribution in [1.82, 2.24) is 0 Å². The fourth-order valence-electron chi connectivity index (χ4n) is 3.64. The Kier molecular flexibility index (Phi) is 2.73. The molecule has 1 aromatic carbocycles. The molecule has 3 nitrogen and oxygen atoms in total. The van der Waals surface area contributed by atoms with Gasteiger partial charge in [0.1, 0.15) is 11.5 Å². The van der Waals surface area contributed by atoms with Gasteiger partial charge in [-0.15, -0.1) is 0 Å². The quantitative estimate of drug-likeness (QED) is 0.819. The Balaban J connectivity index is 1.93. The highest BCUT2D eigenvalue weighted by Gasteiger charge is 2.50. The van der Waals surface area contributed by atoms with Gasteiger partial charge in [-0.05, 0) is 56.4 Å². The van der Waals surface area contributed by atoms with E-state index in [0.717, 1.165) is 42.6 Å². The second kappa shape index (κ2) is 4.19. The highest BCUT2D eigenvalue weighted by Crippen LogP contribution is 2.51. The van der Waals surface area contributed by atoms with E-state index in [-0.39, 0.29) is 22.9 Å². The van der Waals surface area contributed by atoms with Gasteiger partial charge in [-0.25, -0.2) is 0 Å². The van der Waals surface area contributed by atoms with Crippen LogP contribution in [0.4, 0.5) is 0 Å². The number of Topliss-reactive ketones (excluding diaryl/α,β-unsaturated/α-hetero) is 2. The van der Waals surface area contributed by atoms with E-state index < -0.39 is 0 Å². The molecule has 1 spiro atoms. The SMILES string of the molecule is COc1ccc2c(c1)C[C@@]1(CC[C@@H](C(C)=O)C1)C2=O. The fraction of sp³-hybridized carbons (Fsp3) is 0.500. The molecule has 2 aliphatic rings. The van der Waals surface area contributed by atoms with Gasteiger partial charge in [0.2, 0.25) is 0 Å². The zero-order valence-corrected chi connectivity index (χ0v) is 11.4. The number of methoxy groups -OCH3 is 1. The van der Waals surface area contributed by atoms with E-state index in [2.05, 4.69) is 0 Å². The molecule has 100 valence electrons. The standard InChI is InChI=1S/C16H18O3/c1-10(17)11-5-6-16(8-11)9-12-7-13(19-2)3-4-14(12)15(16)18/h3-4,7,11H,5-6,8-9H2,1-2H3/t11-,16+/m1/s1. The molecule has 3 heteroatoms. The molecule has 0 aromatic heterocycles. The van der Waals surface area contributed by atoms with Crippen molar-refractivity contribution in [1.29, 1.82) is 0 Å². The van der Waals surface area contributed by atoms with Crippen LogP contribution in [0.3, 0.4) is 0 Å². The van der Waals surface area contributed by atoms with Crippen molar-refractivity contribution < 1.29 is 14.3 Å². The molecule has 0 heterocycles. The Morgan fingerprint density at radius 3 is 2.84 bits per heavy atom. The summed E-state index contributed by atoms with van der Waals surface area (Å²) >= 11 is 0. The summed E-state index contributed by atoms with van der Waals surface area (Å²) in [4.78, 5) is 24.2. The van der Waals surface area contributed by atoms with E-state index in [9.17, 15) is 9.59 Å². The van der Waals surface area contributed by atoms with Crippen LogP contribution in [0.1, 0.15) is 42.1 Å². The number of carbonyl (C=O) groups is 2. The number of rotatable bonds is 2. The highest BCUT2D eigenvalue weighted by molar-refractivity contribution is 6.05. The van der Waals surface area contributed by atoms with Crippen molar-refractivity contribution in [2.75, 3.05) is 7.11 Å². The van der Waals surface area contributed by atoms with Crippen molar-refractivity contribution in [2.45, 2.75) is 32.6 Å². The predicted molar refractivity (Wildman–Crippen MR) is 71.5 cm³/mol. The zero-order valence-electron chi connectivity index (χ0n) is 11.4.